The van der Waals surface area contributed by atoms with Gasteiger partial charge in [0.1, 0.15) is 23.0 Å². The Balaban J connectivity index is 1.61. The zero-order chi connectivity index (χ0) is 25.1. The van der Waals surface area contributed by atoms with Crippen molar-refractivity contribution in [2.45, 2.75) is 13.0 Å². The molecule has 0 bridgehead atoms. The predicted octanol–water partition coefficient (Wildman–Crippen LogP) is 5.96. The highest BCUT2D eigenvalue weighted by molar-refractivity contribution is 7.14. The molecule has 1 unspecified atom stereocenters. The number of carbonyl (C=O) groups excluding carboxylic acids is 2. The molecule has 1 fully saturated rings. The molecular formula is C28H22N2O5S. The van der Waals surface area contributed by atoms with Gasteiger partial charge in [-0.05, 0) is 61.0 Å². The summed E-state index contributed by atoms with van der Waals surface area (Å²) in [5.41, 5.74) is 0.985. The third kappa shape index (κ3) is 4.46. The third-order valence-electron chi connectivity index (χ3n) is 5.66. The van der Waals surface area contributed by atoms with Gasteiger partial charge in [-0.15, -0.1) is 11.3 Å². The van der Waals surface area contributed by atoms with Crippen LogP contribution in [0, 0.1) is 0 Å². The van der Waals surface area contributed by atoms with Gasteiger partial charge in [-0.25, -0.2) is 4.98 Å². The summed E-state index contributed by atoms with van der Waals surface area (Å²) >= 11 is 1.24. The van der Waals surface area contributed by atoms with Crippen molar-refractivity contribution in [1.29, 1.82) is 0 Å². The first kappa shape index (κ1) is 23.3. The number of Topliss-reactive ketones (excluding diaryl/α,β-unsaturated/α-hetero) is 1. The van der Waals surface area contributed by atoms with Gasteiger partial charge >= 0.3 is 5.91 Å². The summed E-state index contributed by atoms with van der Waals surface area (Å²) < 4.78 is 11.5. The molecule has 0 radical (unpaired) electrons. The van der Waals surface area contributed by atoms with Crippen molar-refractivity contribution in [1.82, 2.24) is 4.98 Å². The summed E-state index contributed by atoms with van der Waals surface area (Å²) in [5.74, 6) is 0.0183. The number of para-hydroxylation sites is 1. The number of carbonyl (C=O) groups is 2. The zero-order valence-electron chi connectivity index (χ0n) is 19.3. The standard InChI is InChI=1S/C28H22N2O5S/c1-2-34-20-13-11-18(12-14-20)25(31)23-24(30(27(33)26(23)32)28-29-15-16-36-28)19-7-6-10-22(17-19)35-21-8-4-3-5-9-21/h3-17,24,31H,2H2,1H3/b25-23-. The lowest BCUT2D eigenvalue weighted by molar-refractivity contribution is -0.132. The Bertz CT molecular complexity index is 1420. The average molecular weight is 499 g/mol. The zero-order valence-corrected chi connectivity index (χ0v) is 20.1. The van der Waals surface area contributed by atoms with Crippen molar-refractivity contribution < 1.29 is 24.2 Å². The highest BCUT2D eigenvalue weighted by Crippen LogP contribution is 2.43. The number of rotatable bonds is 7. The minimum atomic E-state index is -0.887. The van der Waals surface area contributed by atoms with E-state index >= 15 is 0 Å². The molecule has 0 aliphatic carbocycles. The van der Waals surface area contributed by atoms with Crippen molar-refractivity contribution in [3.63, 3.8) is 0 Å². The van der Waals surface area contributed by atoms with E-state index in [1.807, 2.05) is 37.3 Å². The maximum atomic E-state index is 13.3. The van der Waals surface area contributed by atoms with Crippen molar-refractivity contribution in [2.75, 3.05) is 11.5 Å². The van der Waals surface area contributed by atoms with Crippen LogP contribution in [0.3, 0.4) is 0 Å². The van der Waals surface area contributed by atoms with Crippen LogP contribution in [0.2, 0.25) is 0 Å². The molecule has 2 heterocycles. The second-order valence-electron chi connectivity index (χ2n) is 7.93. The monoisotopic (exact) mass is 498 g/mol. The van der Waals surface area contributed by atoms with Gasteiger partial charge in [0.2, 0.25) is 0 Å². The molecule has 3 aromatic carbocycles. The molecule has 1 amide bonds. The van der Waals surface area contributed by atoms with Crippen LogP contribution in [0.25, 0.3) is 5.76 Å². The van der Waals surface area contributed by atoms with Crippen LogP contribution in [0.15, 0.2) is 96.0 Å². The third-order valence-corrected chi connectivity index (χ3v) is 6.43. The second kappa shape index (κ2) is 10.1. The number of aliphatic hydroxyl groups is 1. The van der Waals surface area contributed by atoms with Crippen LogP contribution in [-0.4, -0.2) is 28.4 Å². The number of ether oxygens (including phenoxy) is 2. The molecule has 1 N–H and O–H groups in total. The number of aromatic nitrogens is 1. The predicted molar refractivity (Wildman–Crippen MR) is 137 cm³/mol. The number of aliphatic hydroxyl groups excluding tert-OH is 1. The largest absolute Gasteiger partial charge is 0.507 e. The van der Waals surface area contributed by atoms with Crippen molar-refractivity contribution in [3.05, 3.63) is 107 Å². The van der Waals surface area contributed by atoms with Gasteiger partial charge in [0.15, 0.2) is 5.13 Å². The van der Waals surface area contributed by atoms with E-state index in [1.54, 1.807) is 60.1 Å². The molecule has 1 aliphatic rings. The van der Waals surface area contributed by atoms with Crippen molar-refractivity contribution >= 4 is 33.9 Å². The Morgan fingerprint density at radius 3 is 2.42 bits per heavy atom. The number of benzene rings is 3. The van der Waals surface area contributed by atoms with Crippen LogP contribution in [0.4, 0.5) is 5.13 Å². The number of hydrogen-bond donors (Lipinski definition) is 1. The van der Waals surface area contributed by atoms with E-state index in [0.29, 0.717) is 40.1 Å². The van der Waals surface area contributed by atoms with Crippen LogP contribution in [-0.2, 0) is 9.59 Å². The molecule has 180 valence electrons. The molecule has 1 aliphatic heterocycles. The quantitative estimate of drug-likeness (QED) is 0.192. The fraction of sp³-hybridized carbons (Fsp3) is 0.107. The first-order valence-corrected chi connectivity index (χ1v) is 12.2. The van der Waals surface area contributed by atoms with Gasteiger partial charge in [0.05, 0.1) is 18.2 Å². The molecule has 0 spiro atoms. The number of ketones is 1. The Morgan fingerprint density at radius 2 is 1.72 bits per heavy atom. The Labute approximate surface area is 211 Å². The normalized spacial score (nSPS) is 16.8. The van der Waals surface area contributed by atoms with E-state index in [4.69, 9.17) is 9.47 Å². The van der Waals surface area contributed by atoms with Crippen LogP contribution in [0.5, 0.6) is 17.2 Å². The number of hydrogen-bond acceptors (Lipinski definition) is 7. The van der Waals surface area contributed by atoms with Crippen LogP contribution < -0.4 is 14.4 Å². The SMILES string of the molecule is CCOc1ccc(/C(O)=C2/C(=O)C(=O)N(c3nccs3)C2c2cccc(Oc3ccccc3)c2)cc1. The van der Waals surface area contributed by atoms with E-state index in [2.05, 4.69) is 4.98 Å². The van der Waals surface area contributed by atoms with Gasteiger partial charge in [-0.3, -0.25) is 14.5 Å². The van der Waals surface area contributed by atoms with Crippen LogP contribution in [0.1, 0.15) is 24.1 Å². The maximum Gasteiger partial charge on any atom is 0.301 e. The Morgan fingerprint density at radius 1 is 0.972 bits per heavy atom. The molecule has 1 aromatic heterocycles. The second-order valence-corrected chi connectivity index (χ2v) is 8.80. The fourth-order valence-corrected chi connectivity index (χ4v) is 4.75. The van der Waals surface area contributed by atoms with E-state index in [-0.39, 0.29) is 11.3 Å². The molecule has 7 nitrogen and oxygen atoms in total. The number of nitrogens with zero attached hydrogens (tertiary/aromatic N) is 2. The van der Waals surface area contributed by atoms with E-state index in [0.717, 1.165) is 0 Å². The first-order chi connectivity index (χ1) is 17.6. The van der Waals surface area contributed by atoms with Gasteiger partial charge in [0.25, 0.3) is 5.78 Å². The number of amides is 1. The number of anilines is 1. The summed E-state index contributed by atoms with van der Waals surface area (Å²) in [7, 11) is 0. The van der Waals surface area contributed by atoms with Gasteiger partial charge in [0, 0.05) is 17.1 Å². The minimum Gasteiger partial charge on any atom is -0.507 e. The highest BCUT2D eigenvalue weighted by Gasteiger charge is 2.48. The smallest absolute Gasteiger partial charge is 0.301 e. The number of thiazole rings is 1. The average Bonchev–Trinajstić information content (AvgIpc) is 3.52. The van der Waals surface area contributed by atoms with E-state index in [1.165, 1.54) is 16.2 Å². The molecule has 8 heteroatoms. The summed E-state index contributed by atoms with van der Waals surface area (Å²) in [6, 6.07) is 22.3. The summed E-state index contributed by atoms with van der Waals surface area (Å²) in [4.78, 5) is 32.1. The lowest BCUT2D eigenvalue weighted by Gasteiger charge is -2.23. The van der Waals surface area contributed by atoms with Gasteiger partial charge in [-0.2, -0.15) is 0 Å². The van der Waals surface area contributed by atoms with Gasteiger partial charge in [-0.1, -0.05) is 30.3 Å². The Hall–Kier alpha value is -4.43. The molecule has 0 saturated carbocycles. The lowest BCUT2D eigenvalue weighted by Crippen LogP contribution is -2.29. The van der Waals surface area contributed by atoms with Crippen molar-refractivity contribution in [2.24, 2.45) is 0 Å². The highest BCUT2D eigenvalue weighted by atomic mass is 32.1. The Kier molecular flexibility index (Phi) is 6.51. The van der Waals surface area contributed by atoms with E-state index in [9.17, 15) is 14.7 Å². The van der Waals surface area contributed by atoms with Crippen molar-refractivity contribution in [3.8, 4) is 17.2 Å². The maximum absolute atomic E-state index is 13.3. The summed E-state index contributed by atoms with van der Waals surface area (Å²) in [6.07, 6.45) is 1.57. The molecule has 4 aromatic rings. The van der Waals surface area contributed by atoms with E-state index < -0.39 is 17.7 Å². The van der Waals surface area contributed by atoms with Crippen LogP contribution >= 0.6 is 11.3 Å². The molecule has 1 saturated heterocycles. The van der Waals surface area contributed by atoms with Gasteiger partial charge < -0.3 is 14.6 Å². The molecule has 36 heavy (non-hydrogen) atoms. The molecule has 5 rings (SSSR count). The summed E-state index contributed by atoms with van der Waals surface area (Å²) in [5, 5.41) is 13.4. The molecule has 1 atom stereocenters. The topological polar surface area (TPSA) is 89.0 Å². The fourth-order valence-electron chi connectivity index (χ4n) is 4.08. The summed E-state index contributed by atoms with van der Waals surface area (Å²) in [6.45, 7) is 2.38. The molecular weight excluding hydrogens is 476 g/mol. The first-order valence-electron chi connectivity index (χ1n) is 11.3. The minimum absolute atomic E-state index is 0.0174. The lowest BCUT2D eigenvalue weighted by atomic mass is 9.95.